The predicted molar refractivity (Wildman–Crippen MR) is 205 cm³/mol. The Bertz CT molecular complexity index is 1290. The highest BCUT2D eigenvalue weighted by Crippen LogP contribution is 2.44. The van der Waals surface area contributed by atoms with Crippen molar-refractivity contribution in [2.75, 3.05) is 25.6 Å². The SMILES string of the molecule is CCCCCCCCCCCCCSC(CCCCCCC)C(C)OCCCOP(=O)(O)OC[C@H]1O[C@@H](n2cc(C)c(=O)[nH]c2=O)C[C@@H]1N=[N+]=[N-]. The number of H-pyrrole nitrogens is 1. The molecule has 2 rings (SSSR count). The molecule has 2 N–H and O–H groups in total. The Kier molecular flexibility index (Phi) is 24.1. The van der Waals surface area contributed by atoms with Crippen LogP contribution >= 0.6 is 19.6 Å². The first kappa shape index (κ1) is 45.5. The average Bonchev–Trinajstić information content (AvgIpc) is 3.50. The van der Waals surface area contributed by atoms with E-state index >= 15 is 0 Å². The van der Waals surface area contributed by atoms with E-state index in [0.717, 1.165) is 12.2 Å². The van der Waals surface area contributed by atoms with Crippen LogP contribution in [0.15, 0.2) is 20.9 Å². The molecule has 0 aromatic carbocycles. The van der Waals surface area contributed by atoms with E-state index in [2.05, 4.69) is 35.8 Å². The zero-order chi connectivity index (χ0) is 37.3. The summed E-state index contributed by atoms with van der Waals surface area (Å²) in [4.78, 5) is 39.4. The molecule has 1 aliphatic rings. The second kappa shape index (κ2) is 27.0. The summed E-state index contributed by atoms with van der Waals surface area (Å²) in [5.74, 6) is 1.14. The minimum absolute atomic E-state index is 0.0337. The highest BCUT2D eigenvalue weighted by molar-refractivity contribution is 7.99. The number of phosphoric acid groups is 1. The van der Waals surface area contributed by atoms with Gasteiger partial charge >= 0.3 is 13.5 Å². The molecule has 2 heterocycles. The molecule has 51 heavy (non-hydrogen) atoms. The van der Waals surface area contributed by atoms with Crippen LogP contribution in [0, 0.1) is 6.92 Å². The molecular weight excluding hydrogens is 693 g/mol. The third-order valence-electron chi connectivity index (χ3n) is 9.38. The molecule has 0 amide bonds. The molecule has 294 valence electrons. The molecule has 1 aliphatic heterocycles. The van der Waals surface area contributed by atoms with E-state index in [1.54, 1.807) is 6.92 Å². The molecule has 3 unspecified atom stereocenters. The number of rotatable bonds is 31. The van der Waals surface area contributed by atoms with Crippen molar-refractivity contribution in [1.82, 2.24) is 9.55 Å². The Morgan fingerprint density at radius 1 is 0.980 bits per heavy atom. The second-order valence-corrected chi connectivity index (χ2v) is 16.6. The monoisotopic (exact) mass is 759 g/mol. The zero-order valence-corrected chi connectivity index (χ0v) is 33.4. The fourth-order valence-corrected chi connectivity index (χ4v) is 8.37. The third-order valence-corrected chi connectivity index (χ3v) is 11.9. The number of hydrogen-bond donors (Lipinski definition) is 2. The van der Waals surface area contributed by atoms with Gasteiger partial charge in [0.05, 0.1) is 31.5 Å². The number of aromatic nitrogens is 2. The lowest BCUT2D eigenvalue weighted by Gasteiger charge is -2.24. The quantitative estimate of drug-likeness (QED) is 0.0245. The Morgan fingerprint density at radius 2 is 1.59 bits per heavy atom. The Hall–Kier alpha value is -1.63. The van der Waals surface area contributed by atoms with Crippen molar-refractivity contribution < 1.29 is 28.0 Å². The molecular formula is C36H66N5O8PS. The molecule has 13 nitrogen and oxygen atoms in total. The summed E-state index contributed by atoms with van der Waals surface area (Å²) < 4.78 is 36.2. The van der Waals surface area contributed by atoms with Crippen LogP contribution in [-0.2, 0) is 23.1 Å². The van der Waals surface area contributed by atoms with Crippen LogP contribution in [0.2, 0.25) is 0 Å². The number of nitrogens with one attached hydrogen (secondary N) is 1. The van der Waals surface area contributed by atoms with Crippen molar-refractivity contribution in [3.05, 3.63) is 43.0 Å². The summed E-state index contributed by atoms with van der Waals surface area (Å²) in [5, 5.41) is 4.12. The van der Waals surface area contributed by atoms with Crippen LogP contribution < -0.4 is 11.2 Å². The van der Waals surface area contributed by atoms with Crippen LogP contribution in [-0.4, -0.2) is 63.5 Å². The van der Waals surface area contributed by atoms with Gasteiger partial charge in [-0.2, -0.15) is 11.8 Å². The molecule has 1 aromatic rings. The molecule has 15 heteroatoms. The summed E-state index contributed by atoms with van der Waals surface area (Å²) in [5.41, 5.74) is 8.13. The Labute approximate surface area is 309 Å². The van der Waals surface area contributed by atoms with Gasteiger partial charge in [-0.1, -0.05) is 115 Å². The first-order chi connectivity index (χ1) is 24.6. The van der Waals surface area contributed by atoms with Crippen molar-refractivity contribution >= 4 is 19.6 Å². The van der Waals surface area contributed by atoms with E-state index in [-0.39, 0.29) is 19.1 Å². The normalized spacial score (nSPS) is 19.8. The zero-order valence-electron chi connectivity index (χ0n) is 31.7. The highest BCUT2D eigenvalue weighted by atomic mass is 32.2. The summed E-state index contributed by atoms with van der Waals surface area (Å²) in [6, 6.07) is -0.763. The van der Waals surface area contributed by atoms with Crippen LogP contribution in [0.4, 0.5) is 0 Å². The van der Waals surface area contributed by atoms with Crippen molar-refractivity contribution in [1.29, 1.82) is 0 Å². The fourth-order valence-electron chi connectivity index (χ4n) is 6.25. The number of thioether (sulfide) groups is 1. The van der Waals surface area contributed by atoms with Gasteiger partial charge in [0, 0.05) is 34.9 Å². The number of aryl methyl sites for hydroxylation is 1. The van der Waals surface area contributed by atoms with Gasteiger partial charge in [0.1, 0.15) is 6.23 Å². The van der Waals surface area contributed by atoms with Gasteiger partial charge in [-0.05, 0) is 44.4 Å². The van der Waals surface area contributed by atoms with Gasteiger partial charge in [0.15, 0.2) is 0 Å². The van der Waals surface area contributed by atoms with E-state index in [9.17, 15) is 19.0 Å². The minimum Gasteiger partial charge on any atom is -0.377 e. The standard InChI is InChI=1S/C36H66N5O8PS/c1-5-7-9-11-12-13-14-15-16-18-20-25-51-33(22-19-17-10-8-6-2)30(4)46-23-21-24-47-50(44,45)48-28-32-31(39-40-37)26-34(49-32)41-27-29(3)35(42)38-36(41)43/h27,30-34H,5-26,28H2,1-4H3,(H,44,45)(H,38,42,43)/t30?,31-,32+,33?,34+/m0/s1. The second-order valence-electron chi connectivity index (χ2n) is 13.8. The smallest absolute Gasteiger partial charge is 0.377 e. The lowest BCUT2D eigenvalue weighted by atomic mass is 10.1. The highest BCUT2D eigenvalue weighted by Gasteiger charge is 2.38. The van der Waals surface area contributed by atoms with Crippen molar-refractivity contribution in [3.63, 3.8) is 0 Å². The van der Waals surface area contributed by atoms with Crippen LogP contribution in [0.3, 0.4) is 0 Å². The number of nitrogens with zero attached hydrogens (tertiary/aromatic N) is 4. The van der Waals surface area contributed by atoms with E-state index in [4.69, 9.17) is 24.1 Å². The van der Waals surface area contributed by atoms with E-state index < -0.39 is 44.1 Å². The van der Waals surface area contributed by atoms with Gasteiger partial charge in [0.2, 0.25) is 0 Å². The van der Waals surface area contributed by atoms with Gasteiger partial charge < -0.3 is 14.4 Å². The number of unbranched alkanes of at least 4 members (excludes halogenated alkanes) is 14. The number of phosphoric ester groups is 1. The van der Waals surface area contributed by atoms with Crippen molar-refractivity contribution in [2.24, 2.45) is 5.11 Å². The number of ether oxygens (including phenoxy) is 2. The minimum atomic E-state index is -4.44. The maximum atomic E-state index is 12.6. The molecule has 0 aliphatic carbocycles. The lowest BCUT2D eigenvalue weighted by Crippen LogP contribution is -2.33. The number of hydrogen-bond acceptors (Lipinski definition) is 9. The largest absolute Gasteiger partial charge is 0.472 e. The lowest BCUT2D eigenvalue weighted by molar-refractivity contribution is -0.0288. The average molecular weight is 760 g/mol. The molecule has 6 atom stereocenters. The van der Waals surface area contributed by atoms with Crippen molar-refractivity contribution in [2.45, 2.75) is 179 Å². The summed E-state index contributed by atoms with van der Waals surface area (Å²) in [7, 11) is -4.44. The maximum Gasteiger partial charge on any atom is 0.472 e. The Morgan fingerprint density at radius 3 is 2.22 bits per heavy atom. The van der Waals surface area contributed by atoms with Gasteiger partial charge in [-0.15, -0.1) is 0 Å². The van der Waals surface area contributed by atoms with Crippen molar-refractivity contribution in [3.8, 4) is 0 Å². The van der Waals surface area contributed by atoms with Gasteiger partial charge in [0.25, 0.3) is 5.56 Å². The molecule has 0 spiro atoms. The summed E-state index contributed by atoms with van der Waals surface area (Å²) >= 11 is 2.03. The molecule has 0 saturated carbocycles. The predicted octanol–water partition coefficient (Wildman–Crippen LogP) is 9.51. The summed E-state index contributed by atoms with van der Waals surface area (Å²) in [6.45, 7) is 8.14. The number of azide groups is 1. The third kappa shape index (κ3) is 19.3. The van der Waals surface area contributed by atoms with E-state index in [1.165, 1.54) is 113 Å². The summed E-state index contributed by atoms with van der Waals surface area (Å²) in [6.07, 6.45) is 22.3. The Balaban J connectivity index is 1.71. The van der Waals surface area contributed by atoms with Crippen LogP contribution in [0.25, 0.3) is 10.4 Å². The van der Waals surface area contributed by atoms with Crippen LogP contribution in [0.5, 0.6) is 0 Å². The van der Waals surface area contributed by atoms with Gasteiger partial charge in [-0.3, -0.25) is 23.4 Å². The number of aromatic amines is 1. The molecule has 1 aromatic heterocycles. The molecule has 1 saturated heterocycles. The molecule has 0 radical (unpaired) electrons. The van der Waals surface area contributed by atoms with E-state index in [1.807, 2.05) is 11.8 Å². The molecule has 0 bridgehead atoms. The molecule has 1 fully saturated rings. The first-order valence-corrected chi connectivity index (χ1v) is 22.0. The van der Waals surface area contributed by atoms with E-state index in [0.29, 0.717) is 23.8 Å². The first-order valence-electron chi connectivity index (χ1n) is 19.5. The van der Waals surface area contributed by atoms with Gasteiger partial charge in [-0.25, -0.2) is 9.36 Å². The topological polar surface area (TPSA) is 178 Å². The van der Waals surface area contributed by atoms with Crippen LogP contribution in [0.1, 0.15) is 155 Å². The fraction of sp³-hybridized carbons (Fsp3) is 0.889. The maximum absolute atomic E-state index is 12.6.